The van der Waals surface area contributed by atoms with Gasteiger partial charge in [0.1, 0.15) is 0 Å². The Balaban J connectivity index is 2.52. The minimum atomic E-state index is -0.273. The molecule has 0 fully saturated rings. The molecule has 1 aromatic carbocycles. The van der Waals surface area contributed by atoms with Crippen LogP contribution in [0.15, 0.2) is 18.2 Å². The summed E-state index contributed by atoms with van der Waals surface area (Å²) in [4.78, 5) is 14.3. The number of hydrogen-bond donors (Lipinski definition) is 2. The summed E-state index contributed by atoms with van der Waals surface area (Å²) in [7, 11) is 1.61. The van der Waals surface area contributed by atoms with Gasteiger partial charge in [-0.2, -0.15) is 0 Å². The molecule has 0 unspecified atom stereocenters. The summed E-state index contributed by atoms with van der Waals surface area (Å²) in [6.45, 7) is 15.0. The molecule has 0 aliphatic carbocycles. The molecule has 1 rings (SSSR count). The number of likely N-dealkylation sites (N-methyl/N-ethyl adjacent to an activating group) is 1. The van der Waals surface area contributed by atoms with Gasteiger partial charge in [0.15, 0.2) is 18.1 Å². The van der Waals surface area contributed by atoms with Crippen molar-refractivity contribution in [2.24, 2.45) is 0 Å². The average molecular weight is 366 g/mol. The maximum absolute atomic E-state index is 11.9. The van der Waals surface area contributed by atoms with E-state index < -0.39 is 0 Å². The van der Waals surface area contributed by atoms with Gasteiger partial charge in [-0.25, -0.2) is 0 Å². The van der Waals surface area contributed by atoms with E-state index >= 15 is 0 Å². The van der Waals surface area contributed by atoms with Crippen molar-refractivity contribution < 1.29 is 14.3 Å². The molecule has 0 aliphatic rings. The van der Waals surface area contributed by atoms with Gasteiger partial charge in [0, 0.05) is 25.2 Å². The van der Waals surface area contributed by atoms with Crippen LogP contribution in [0.1, 0.15) is 40.2 Å². The summed E-state index contributed by atoms with van der Waals surface area (Å²) < 4.78 is 11.0. The van der Waals surface area contributed by atoms with E-state index in [2.05, 4.69) is 29.4 Å². The number of rotatable bonds is 11. The van der Waals surface area contributed by atoms with Crippen LogP contribution in [0.25, 0.3) is 0 Å². The van der Waals surface area contributed by atoms with Crippen molar-refractivity contribution in [1.29, 1.82) is 0 Å². The number of amides is 1. The Labute approximate surface area is 158 Å². The number of nitrogens with zero attached hydrogens (tertiary/aromatic N) is 1. The maximum Gasteiger partial charge on any atom is 0.258 e. The van der Waals surface area contributed by atoms with Gasteiger partial charge in [-0.05, 0) is 51.6 Å². The second-order valence-electron chi connectivity index (χ2n) is 7.28. The lowest BCUT2D eigenvalue weighted by Crippen LogP contribution is -2.43. The van der Waals surface area contributed by atoms with Crippen LogP contribution in [0.3, 0.4) is 0 Å². The molecule has 1 amide bonds. The molecule has 1 aromatic rings. The van der Waals surface area contributed by atoms with Gasteiger partial charge in [0.2, 0.25) is 0 Å². The molecule has 26 heavy (non-hydrogen) atoms. The topological polar surface area (TPSA) is 62.8 Å². The highest BCUT2D eigenvalue weighted by molar-refractivity contribution is 5.78. The molecule has 0 spiro atoms. The fourth-order valence-electron chi connectivity index (χ4n) is 2.55. The van der Waals surface area contributed by atoms with Crippen molar-refractivity contribution in [3.8, 4) is 11.5 Å². The number of carbonyl (C=O) groups is 1. The smallest absolute Gasteiger partial charge is 0.258 e. The fourth-order valence-corrected chi connectivity index (χ4v) is 2.55. The zero-order valence-corrected chi connectivity index (χ0v) is 17.1. The van der Waals surface area contributed by atoms with E-state index in [1.54, 1.807) is 7.11 Å². The van der Waals surface area contributed by atoms with Crippen molar-refractivity contribution in [3.63, 3.8) is 0 Å². The summed E-state index contributed by atoms with van der Waals surface area (Å²) in [5.41, 5.74) is 0.846. The van der Waals surface area contributed by atoms with Gasteiger partial charge < -0.3 is 25.0 Å². The molecule has 0 heterocycles. The van der Waals surface area contributed by atoms with Crippen molar-refractivity contribution in [1.82, 2.24) is 15.5 Å². The molecule has 0 radical (unpaired) electrons. The third-order valence-corrected chi connectivity index (χ3v) is 3.93. The van der Waals surface area contributed by atoms with Gasteiger partial charge >= 0.3 is 0 Å². The molecule has 0 bridgehead atoms. The monoisotopic (exact) mass is 365 g/mol. The van der Waals surface area contributed by atoms with Crippen molar-refractivity contribution in [3.05, 3.63) is 23.8 Å². The van der Waals surface area contributed by atoms with Crippen LogP contribution in [0.2, 0.25) is 0 Å². The van der Waals surface area contributed by atoms with Gasteiger partial charge in [0.25, 0.3) is 5.91 Å². The molecular formula is C20H35N3O3. The number of hydrogen-bond acceptors (Lipinski definition) is 5. The first-order valence-electron chi connectivity index (χ1n) is 9.32. The van der Waals surface area contributed by atoms with Crippen LogP contribution < -0.4 is 20.1 Å². The third-order valence-electron chi connectivity index (χ3n) is 3.93. The van der Waals surface area contributed by atoms with Gasteiger partial charge in [0.05, 0.1) is 7.11 Å². The van der Waals surface area contributed by atoms with E-state index in [1.165, 1.54) is 0 Å². The summed E-state index contributed by atoms with van der Waals surface area (Å²) in [6.07, 6.45) is 0. The van der Waals surface area contributed by atoms with Crippen LogP contribution in [0, 0.1) is 0 Å². The zero-order valence-electron chi connectivity index (χ0n) is 17.1. The SMILES string of the molecule is CCN(CC)CCNCc1ccc(OCC(=O)NC(C)(C)C)c(OC)c1. The van der Waals surface area contributed by atoms with Crippen molar-refractivity contribution in [2.75, 3.05) is 39.9 Å². The minimum absolute atomic E-state index is 0.0326. The number of carbonyl (C=O) groups excluding carboxylic acids is 1. The standard InChI is InChI=1S/C20H35N3O3/c1-7-23(8-2)12-11-21-14-16-9-10-17(18(13-16)25-6)26-15-19(24)22-20(3,4)5/h9-10,13,21H,7-8,11-12,14-15H2,1-6H3,(H,22,24). The van der Waals surface area contributed by atoms with Gasteiger partial charge in [-0.3, -0.25) is 4.79 Å². The lowest BCUT2D eigenvalue weighted by molar-refractivity contribution is -0.124. The van der Waals surface area contributed by atoms with Gasteiger partial charge in [-0.15, -0.1) is 0 Å². The lowest BCUT2D eigenvalue weighted by atomic mass is 10.1. The van der Waals surface area contributed by atoms with Crippen molar-refractivity contribution in [2.45, 2.75) is 46.7 Å². The Hall–Kier alpha value is -1.79. The Kier molecular flexibility index (Phi) is 9.44. The van der Waals surface area contributed by atoms with Crippen molar-refractivity contribution >= 4 is 5.91 Å². The molecule has 6 nitrogen and oxygen atoms in total. The second-order valence-corrected chi connectivity index (χ2v) is 7.28. The van der Waals surface area contributed by atoms with Crippen LogP contribution in [0.4, 0.5) is 0 Å². The molecule has 0 saturated carbocycles. The summed E-state index contributed by atoms with van der Waals surface area (Å²) in [5.74, 6) is 1.06. The molecule has 0 atom stereocenters. The zero-order chi connectivity index (χ0) is 19.6. The van der Waals surface area contributed by atoms with Crippen LogP contribution >= 0.6 is 0 Å². The van der Waals surface area contributed by atoms with Gasteiger partial charge in [-0.1, -0.05) is 19.9 Å². The Bertz CT molecular complexity index is 552. The quantitative estimate of drug-likeness (QED) is 0.590. The molecule has 2 N–H and O–H groups in total. The number of benzene rings is 1. The molecule has 148 valence electrons. The first kappa shape index (κ1) is 22.3. The van der Waals surface area contributed by atoms with E-state index in [0.717, 1.165) is 38.3 Å². The first-order valence-corrected chi connectivity index (χ1v) is 9.32. The number of ether oxygens (including phenoxy) is 2. The first-order chi connectivity index (χ1) is 12.3. The highest BCUT2D eigenvalue weighted by Gasteiger charge is 2.15. The average Bonchev–Trinajstić information content (AvgIpc) is 2.59. The fraction of sp³-hybridized carbons (Fsp3) is 0.650. The Morgan fingerprint density at radius 1 is 1.15 bits per heavy atom. The van der Waals surface area contributed by atoms with Crippen LogP contribution in [0.5, 0.6) is 11.5 Å². The van der Waals surface area contributed by atoms with E-state index in [9.17, 15) is 4.79 Å². The number of methoxy groups -OCH3 is 1. The molecule has 0 aliphatic heterocycles. The summed E-state index contributed by atoms with van der Waals surface area (Å²) >= 11 is 0. The third kappa shape index (κ3) is 8.54. The summed E-state index contributed by atoms with van der Waals surface area (Å²) in [5, 5.41) is 6.32. The van der Waals surface area contributed by atoms with E-state index in [4.69, 9.17) is 9.47 Å². The van der Waals surface area contributed by atoms with E-state index in [1.807, 2.05) is 39.0 Å². The maximum atomic E-state index is 11.9. The Morgan fingerprint density at radius 3 is 2.42 bits per heavy atom. The largest absolute Gasteiger partial charge is 0.493 e. The Morgan fingerprint density at radius 2 is 1.85 bits per heavy atom. The molecular weight excluding hydrogens is 330 g/mol. The van der Waals surface area contributed by atoms with E-state index in [0.29, 0.717) is 11.5 Å². The normalized spacial score (nSPS) is 11.5. The number of nitrogens with one attached hydrogen (secondary N) is 2. The van der Waals surface area contributed by atoms with Crippen LogP contribution in [-0.2, 0) is 11.3 Å². The highest BCUT2D eigenvalue weighted by atomic mass is 16.5. The minimum Gasteiger partial charge on any atom is -0.493 e. The molecule has 0 saturated heterocycles. The predicted octanol–water partition coefficient (Wildman–Crippen LogP) is 2.42. The van der Waals surface area contributed by atoms with E-state index in [-0.39, 0.29) is 18.1 Å². The summed E-state index contributed by atoms with van der Waals surface area (Å²) in [6, 6.07) is 5.79. The molecule has 6 heteroatoms. The van der Waals surface area contributed by atoms with Crippen LogP contribution in [-0.4, -0.2) is 56.2 Å². The predicted molar refractivity (Wildman–Crippen MR) is 106 cm³/mol. The highest BCUT2D eigenvalue weighted by Crippen LogP contribution is 2.28. The lowest BCUT2D eigenvalue weighted by Gasteiger charge is -2.21. The molecule has 0 aromatic heterocycles. The second kappa shape index (κ2) is 11.0.